The lowest BCUT2D eigenvalue weighted by atomic mass is 10.1. The molecule has 0 aliphatic carbocycles. The first-order valence-electron chi connectivity index (χ1n) is 7.68. The molecule has 0 heterocycles. The second kappa shape index (κ2) is 23.5. The van der Waals surface area contributed by atoms with Gasteiger partial charge in [0.1, 0.15) is 0 Å². The van der Waals surface area contributed by atoms with E-state index in [9.17, 15) is 0 Å². The predicted molar refractivity (Wildman–Crippen MR) is 98.6 cm³/mol. The zero-order valence-electron chi connectivity index (χ0n) is 14.6. The molecule has 120 valence electrons. The summed E-state index contributed by atoms with van der Waals surface area (Å²) in [5, 5.41) is 0. The molecule has 0 fully saturated rings. The lowest BCUT2D eigenvalue weighted by Gasteiger charge is -2.00. The molecular weight excluding hydrogens is 256 g/mol. The molecule has 2 nitrogen and oxygen atoms in total. The molecule has 2 aromatic carbocycles. The van der Waals surface area contributed by atoms with Gasteiger partial charge in [-0.15, -0.1) is 0 Å². The average Bonchev–Trinajstić information content (AvgIpc) is 2.64. The number of hydrogen-bond acceptors (Lipinski definition) is 2. The third kappa shape index (κ3) is 14.6. The fourth-order valence-corrected chi connectivity index (χ4v) is 1.43. The Hall–Kier alpha value is -1.64. The molecule has 2 rings (SSSR count). The SMILES string of the molecule is CC.CC.CN.CN.c1ccc(Cc2ccccc2)cc1. The molecule has 0 saturated heterocycles. The van der Waals surface area contributed by atoms with Crippen molar-refractivity contribution in [2.24, 2.45) is 11.5 Å². The lowest BCUT2D eigenvalue weighted by molar-refractivity contribution is 1.19. The first kappa shape index (κ1) is 24.4. The highest BCUT2D eigenvalue weighted by atomic mass is 14.4. The molecule has 2 heteroatoms. The fourth-order valence-electron chi connectivity index (χ4n) is 1.43. The molecule has 2 aromatic rings. The number of hydrogen-bond donors (Lipinski definition) is 2. The predicted octanol–water partition coefficient (Wildman–Crippen LogP) is 4.48. The summed E-state index contributed by atoms with van der Waals surface area (Å²) in [6, 6.07) is 21.1. The van der Waals surface area contributed by atoms with Gasteiger partial charge in [-0.1, -0.05) is 88.4 Å². The van der Waals surface area contributed by atoms with Crippen molar-refractivity contribution in [3.63, 3.8) is 0 Å². The van der Waals surface area contributed by atoms with Gasteiger partial charge >= 0.3 is 0 Å². The Morgan fingerprint density at radius 1 is 0.524 bits per heavy atom. The Balaban J connectivity index is -0.000000353. The minimum absolute atomic E-state index is 1.03. The van der Waals surface area contributed by atoms with Crippen LogP contribution >= 0.6 is 0 Å². The Morgan fingerprint density at radius 3 is 1.00 bits per heavy atom. The van der Waals surface area contributed by atoms with E-state index in [1.165, 1.54) is 25.2 Å². The standard InChI is InChI=1S/C13H12.2C2H6.2CH5N/c1-3-7-12(8-4-1)11-13-9-5-2-6-10-13;4*1-2/h1-10H,11H2;2*1-2H3;2*2H2,1H3. The summed E-state index contributed by atoms with van der Waals surface area (Å²) in [6.07, 6.45) is 1.03. The van der Waals surface area contributed by atoms with Crippen LogP contribution in [0.3, 0.4) is 0 Å². The van der Waals surface area contributed by atoms with Gasteiger partial charge in [0.25, 0.3) is 0 Å². The van der Waals surface area contributed by atoms with Gasteiger partial charge in [-0.3, -0.25) is 0 Å². The molecule has 21 heavy (non-hydrogen) atoms. The number of benzene rings is 2. The molecule has 0 saturated carbocycles. The van der Waals surface area contributed by atoms with Crippen LogP contribution in [0, 0.1) is 0 Å². The summed E-state index contributed by atoms with van der Waals surface area (Å²) >= 11 is 0. The molecule has 0 aliphatic heterocycles. The summed E-state index contributed by atoms with van der Waals surface area (Å²) in [6.45, 7) is 8.00. The van der Waals surface area contributed by atoms with Crippen molar-refractivity contribution < 1.29 is 0 Å². The monoisotopic (exact) mass is 290 g/mol. The van der Waals surface area contributed by atoms with Crippen LogP contribution in [0.5, 0.6) is 0 Å². The second-order valence-electron chi connectivity index (χ2n) is 3.15. The molecule has 0 atom stereocenters. The molecule has 0 spiro atoms. The second-order valence-corrected chi connectivity index (χ2v) is 3.15. The molecule has 0 unspecified atom stereocenters. The van der Waals surface area contributed by atoms with Gasteiger partial charge in [-0.25, -0.2) is 0 Å². The van der Waals surface area contributed by atoms with Gasteiger partial charge in [0.05, 0.1) is 0 Å². The van der Waals surface area contributed by atoms with E-state index in [0.717, 1.165) is 6.42 Å². The maximum Gasteiger partial charge on any atom is -0.00258 e. The maximum atomic E-state index is 4.50. The van der Waals surface area contributed by atoms with Crippen LogP contribution in [0.15, 0.2) is 60.7 Å². The van der Waals surface area contributed by atoms with Gasteiger partial charge in [0.15, 0.2) is 0 Å². The minimum Gasteiger partial charge on any atom is -0.333 e. The van der Waals surface area contributed by atoms with E-state index in [2.05, 4.69) is 72.1 Å². The normalized spacial score (nSPS) is 7.24. The first-order valence-corrected chi connectivity index (χ1v) is 7.68. The van der Waals surface area contributed by atoms with Crippen LogP contribution in [0.25, 0.3) is 0 Å². The smallest absolute Gasteiger partial charge is 0.00258 e. The van der Waals surface area contributed by atoms with Gasteiger partial charge < -0.3 is 11.5 Å². The molecule has 0 bridgehead atoms. The minimum atomic E-state index is 1.03. The van der Waals surface area contributed by atoms with Crippen molar-refractivity contribution in [1.82, 2.24) is 0 Å². The summed E-state index contributed by atoms with van der Waals surface area (Å²) in [4.78, 5) is 0. The van der Waals surface area contributed by atoms with E-state index in [-0.39, 0.29) is 0 Å². The molecule has 0 aromatic heterocycles. The topological polar surface area (TPSA) is 52.0 Å². The Labute approximate surface area is 132 Å². The van der Waals surface area contributed by atoms with Crippen LogP contribution in [0.1, 0.15) is 38.8 Å². The fraction of sp³-hybridized carbons (Fsp3) is 0.368. The van der Waals surface area contributed by atoms with E-state index in [4.69, 9.17) is 0 Å². The van der Waals surface area contributed by atoms with Crippen molar-refractivity contribution in [2.75, 3.05) is 14.1 Å². The summed E-state index contributed by atoms with van der Waals surface area (Å²) in [7, 11) is 3.00. The zero-order valence-corrected chi connectivity index (χ0v) is 14.6. The van der Waals surface area contributed by atoms with Crippen molar-refractivity contribution >= 4 is 0 Å². The van der Waals surface area contributed by atoms with E-state index in [1.807, 2.05) is 27.7 Å². The first-order chi connectivity index (χ1) is 10.4. The maximum absolute atomic E-state index is 4.50. The summed E-state index contributed by atoms with van der Waals surface area (Å²) in [5.41, 5.74) is 11.7. The lowest BCUT2D eigenvalue weighted by Crippen LogP contribution is -1.85. The Morgan fingerprint density at radius 2 is 0.762 bits per heavy atom. The molecular formula is C19H34N2. The van der Waals surface area contributed by atoms with E-state index < -0.39 is 0 Å². The number of rotatable bonds is 2. The van der Waals surface area contributed by atoms with Crippen LogP contribution in [0.2, 0.25) is 0 Å². The quantitative estimate of drug-likeness (QED) is 0.856. The largest absolute Gasteiger partial charge is 0.333 e. The van der Waals surface area contributed by atoms with Gasteiger partial charge in [0.2, 0.25) is 0 Å². The highest BCUT2D eigenvalue weighted by Gasteiger charge is 1.92. The average molecular weight is 290 g/mol. The van der Waals surface area contributed by atoms with Crippen molar-refractivity contribution in [2.45, 2.75) is 34.1 Å². The van der Waals surface area contributed by atoms with Crippen LogP contribution in [-0.4, -0.2) is 14.1 Å². The van der Waals surface area contributed by atoms with E-state index >= 15 is 0 Å². The highest BCUT2D eigenvalue weighted by molar-refractivity contribution is 5.25. The van der Waals surface area contributed by atoms with E-state index in [0.29, 0.717) is 0 Å². The van der Waals surface area contributed by atoms with E-state index in [1.54, 1.807) is 0 Å². The van der Waals surface area contributed by atoms with Crippen LogP contribution in [0.4, 0.5) is 0 Å². The van der Waals surface area contributed by atoms with Crippen molar-refractivity contribution in [3.05, 3.63) is 71.8 Å². The van der Waals surface area contributed by atoms with Gasteiger partial charge in [0, 0.05) is 0 Å². The van der Waals surface area contributed by atoms with Gasteiger partial charge in [-0.05, 0) is 31.6 Å². The summed E-state index contributed by atoms with van der Waals surface area (Å²) < 4.78 is 0. The van der Waals surface area contributed by atoms with Gasteiger partial charge in [-0.2, -0.15) is 0 Å². The number of nitrogens with two attached hydrogens (primary N) is 2. The summed E-state index contributed by atoms with van der Waals surface area (Å²) in [5.74, 6) is 0. The molecule has 0 aliphatic rings. The zero-order chi connectivity index (χ0) is 16.9. The molecule has 0 radical (unpaired) electrons. The molecule has 0 amide bonds. The Bertz CT molecular complexity index is 320. The third-order valence-electron chi connectivity index (χ3n) is 2.09. The highest BCUT2D eigenvalue weighted by Crippen LogP contribution is 2.07. The van der Waals surface area contributed by atoms with Crippen molar-refractivity contribution in [3.8, 4) is 0 Å². The van der Waals surface area contributed by atoms with Crippen molar-refractivity contribution in [1.29, 1.82) is 0 Å². The molecule has 4 N–H and O–H groups in total. The van der Waals surface area contributed by atoms with Crippen LogP contribution in [-0.2, 0) is 6.42 Å². The third-order valence-corrected chi connectivity index (χ3v) is 2.09. The van der Waals surface area contributed by atoms with Crippen LogP contribution < -0.4 is 11.5 Å². The Kier molecular flexibility index (Phi) is 27.2.